The molecule has 2 N–H and O–H groups in total. The van der Waals surface area contributed by atoms with Crippen LogP contribution >= 0.6 is 11.6 Å². The molecule has 33 heavy (non-hydrogen) atoms. The average Bonchev–Trinajstić information content (AvgIpc) is 3.21. The zero-order valence-electron chi connectivity index (χ0n) is 18.2. The summed E-state index contributed by atoms with van der Waals surface area (Å²) in [6.45, 7) is 2.19. The highest BCUT2D eigenvalue weighted by atomic mass is 35.5. The molecule has 10 heteroatoms. The number of hydrogen-bond donors (Lipinski definition) is 2. The molecule has 0 fully saturated rings. The van der Waals surface area contributed by atoms with Crippen LogP contribution < -0.4 is 10.1 Å². The Morgan fingerprint density at radius 1 is 1.33 bits per heavy atom. The Morgan fingerprint density at radius 2 is 2.18 bits per heavy atom. The van der Waals surface area contributed by atoms with Crippen molar-refractivity contribution in [1.29, 1.82) is 0 Å². The van der Waals surface area contributed by atoms with Gasteiger partial charge in [-0.3, -0.25) is 14.4 Å². The summed E-state index contributed by atoms with van der Waals surface area (Å²) in [5.41, 5.74) is 3.25. The number of nitrogens with one attached hydrogen (secondary N) is 1. The second kappa shape index (κ2) is 10.3. The van der Waals surface area contributed by atoms with Crippen LogP contribution in [-0.2, 0) is 26.6 Å². The number of nitrogens with zero attached hydrogens (tertiary/aromatic N) is 4. The van der Waals surface area contributed by atoms with E-state index in [1.807, 2.05) is 25.2 Å². The van der Waals surface area contributed by atoms with E-state index in [1.54, 1.807) is 10.9 Å². The van der Waals surface area contributed by atoms with E-state index in [1.165, 1.54) is 12.3 Å². The summed E-state index contributed by atoms with van der Waals surface area (Å²) in [6, 6.07) is 8.24. The number of rotatable bonds is 8. The molecule has 1 aliphatic heterocycles. The molecule has 8 nitrogen and oxygen atoms in total. The minimum absolute atomic E-state index is 0.0632. The highest BCUT2D eigenvalue weighted by Crippen LogP contribution is 2.34. The first-order chi connectivity index (χ1) is 15.9. The molecule has 0 aliphatic carbocycles. The van der Waals surface area contributed by atoms with Crippen molar-refractivity contribution in [2.75, 3.05) is 19.6 Å². The van der Waals surface area contributed by atoms with Crippen LogP contribution in [0.4, 0.5) is 4.39 Å². The van der Waals surface area contributed by atoms with Gasteiger partial charge in [0.1, 0.15) is 12.4 Å². The zero-order chi connectivity index (χ0) is 23.4. The van der Waals surface area contributed by atoms with Gasteiger partial charge in [-0.25, -0.2) is 4.98 Å². The van der Waals surface area contributed by atoms with E-state index < -0.39 is 18.0 Å². The lowest BCUT2D eigenvalue weighted by Gasteiger charge is -2.31. The van der Waals surface area contributed by atoms with Crippen molar-refractivity contribution in [3.63, 3.8) is 0 Å². The Balaban J connectivity index is 1.30. The molecular formula is C23H25ClFN5O3. The fraction of sp³-hybridized carbons (Fsp3) is 0.348. The first-order valence-corrected chi connectivity index (χ1v) is 11.0. The molecule has 4 rings (SSSR count). The standard InChI is InChI=1S/C23H25ClFN5O3/c1-29-17(5-8-28-29)14-33-20-3-2-16-12-30(9-6-19(16)22(20)24)13-18(31)11-27-23(32)15-4-7-26-21(25)10-15/h2-5,7-8,10,18,31H,6,9,11-14H2,1H3,(H,27,32). The summed E-state index contributed by atoms with van der Waals surface area (Å²) in [7, 11) is 1.86. The lowest BCUT2D eigenvalue weighted by Crippen LogP contribution is -2.42. The van der Waals surface area contributed by atoms with E-state index in [0.29, 0.717) is 30.5 Å². The number of fused-ring (bicyclic) bond motifs is 1. The van der Waals surface area contributed by atoms with E-state index in [0.717, 1.165) is 35.9 Å². The smallest absolute Gasteiger partial charge is 0.251 e. The maximum absolute atomic E-state index is 13.2. The lowest BCUT2D eigenvalue weighted by molar-refractivity contribution is 0.0841. The van der Waals surface area contributed by atoms with Gasteiger partial charge in [-0.15, -0.1) is 0 Å². The number of benzene rings is 1. The number of β-amino-alcohol motifs (C(OH)–C–C–N with tert-alkyl or cyclic N) is 1. The van der Waals surface area contributed by atoms with Gasteiger partial charge in [0.25, 0.3) is 5.91 Å². The molecule has 174 valence electrons. The Hall–Kier alpha value is -3.01. The number of carbonyl (C=O) groups is 1. The van der Waals surface area contributed by atoms with E-state index in [4.69, 9.17) is 16.3 Å². The number of ether oxygens (including phenoxy) is 1. The number of halogens is 2. The van der Waals surface area contributed by atoms with Crippen molar-refractivity contribution in [2.45, 2.75) is 25.7 Å². The number of carbonyl (C=O) groups excluding carboxylic acids is 1. The van der Waals surface area contributed by atoms with Crippen LogP contribution in [0.3, 0.4) is 0 Å². The van der Waals surface area contributed by atoms with E-state index in [-0.39, 0.29) is 12.1 Å². The van der Waals surface area contributed by atoms with Crippen LogP contribution in [0.15, 0.2) is 42.7 Å². The van der Waals surface area contributed by atoms with Crippen molar-refractivity contribution in [1.82, 2.24) is 25.0 Å². The quantitative estimate of drug-likeness (QED) is 0.488. The molecule has 1 atom stereocenters. The monoisotopic (exact) mass is 473 g/mol. The summed E-state index contributed by atoms with van der Waals surface area (Å²) >= 11 is 6.62. The van der Waals surface area contributed by atoms with Crippen molar-refractivity contribution >= 4 is 17.5 Å². The van der Waals surface area contributed by atoms with Crippen LogP contribution in [-0.4, -0.2) is 56.4 Å². The number of aromatic nitrogens is 3. The fourth-order valence-corrected chi connectivity index (χ4v) is 4.16. The van der Waals surface area contributed by atoms with Crippen molar-refractivity contribution in [3.8, 4) is 5.75 Å². The van der Waals surface area contributed by atoms with Gasteiger partial charge in [0.2, 0.25) is 5.95 Å². The van der Waals surface area contributed by atoms with E-state index in [9.17, 15) is 14.3 Å². The molecule has 3 aromatic rings. The highest BCUT2D eigenvalue weighted by Gasteiger charge is 2.23. The Labute approximate surface area is 195 Å². The maximum Gasteiger partial charge on any atom is 0.251 e. The third-order valence-electron chi connectivity index (χ3n) is 5.63. The third-order valence-corrected chi connectivity index (χ3v) is 6.05. The average molecular weight is 474 g/mol. The summed E-state index contributed by atoms with van der Waals surface area (Å²) in [4.78, 5) is 17.6. The van der Waals surface area contributed by atoms with Crippen molar-refractivity contribution in [3.05, 3.63) is 76.1 Å². The Morgan fingerprint density at radius 3 is 2.94 bits per heavy atom. The van der Waals surface area contributed by atoms with Crippen molar-refractivity contribution in [2.24, 2.45) is 7.05 Å². The van der Waals surface area contributed by atoms with Gasteiger partial charge in [-0.05, 0) is 35.7 Å². The summed E-state index contributed by atoms with van der Waals surface area (Å²) in [6.07, 6.45) is 2.92. The fourth-order valence-electron chi connectivity index (χ4n) is 3.83. The number of aliphatic hydroxyl groups excluding tert-OH is 1. The minimum Gasteiger partial charge on any atom is -0.486 e. The van der Waals surface area contributed by atoms with Gasteiger partial charge in [-0.1, -0.05) is 17.7 Å². The molecule has 1 aliphatic rings. The molecule has 0 spiro atoms. The first-order valence-electron chi connectivity index (χ1n) is 10.6. The second-order valence-corrected chi connectivity index (χ2v) is 8.34. The third kappa shape index (κ3) is 5.68. The minimum atomic E-state index is -0.765. The number of amides is 1. The van der Waals surface area contributed by atoms with Crippen LogP contribution in [0.1, 0.15) is 27.2 Å². The predicted molar refractivity (Wildman–Crippen MR) is 121 cm³/mol. The normalized spacial score (nSPS) is 14.5. The van der Waals surface area contributed by atoms with Crippen LogP contribution in [0.2, 0.25) is 5.02 Å². The molecule has 0 bridgehead atoms. The number of aliphatic hydroxyl groups is 1. The van der Waals surface area contributed by atoms with Gasteiger partial charge >= 0.3 is 0 Å². The second-order valence-electron chi connectivity index (χ2n) is 7.97. The zero-order valence-corrected chi connectivity index (χ0v) is 18.9. The molecule has 1 amide bonds. The van der Waals surface area contributed by atoms with Crippen molar-refractivity contribution < 1.29 is 19.0 Å². The van der Waals surface area contributed by atoms with Crippen LogP contribution in [0.25, 0.3) is 0 Å². The van der Waals surface area contributed by atoms with Gasteiger partial charge in [-0.2, -0.15) is 9.49 Å². The van der Waals surface area contributed by atoms with Crippen LogP contribution in [0, 0.1) is 5.95 Å². The van der Waals surface area contributed by atoms with E-state index >= 15 is 0 Å². The summed E-state index contributed by atoms with van der Waals surface area (Å²) < 4.78 is 20.8. The summed E-state index contributed by atoms with van der Waals surface area (Å²) in [5.74, 6) is -0.537. The molecule has 3 heterocycles. The molecule has 0 radical (unpaired) electrons. The molecular weight excluding hydrogens is 449 g/mol. The molecule has 0 saturated heterocycles. The van der Waals surface area contributed by atoms with Crippen LogP contribution in [0.5, 0.6) is 5.75 Å². The molecule has 2 aromatic heterocycles. The maximum atomic E-state index is 13.2. The number of hydrogen-bond acceptors (Lipinski definition) is 6. The first kappa shape index (κ1) is 23.2. The topological polar surface area (TPSA) is 92.5 Å². The van der Waals surface area contributed by atoms with Gasteiger partial charge in [0.15, 0.2) is 0 Å². The Kier molecular flexibility index (Phi) is 7.22. The predicted octanol–water partition coefficient (Wildman–Crippen LogP) is 2.34. The largest absolute Gasteiger partial charge is 0.486 e. The molecule has 1 unspecified atom stereocenters. The highest BCUT2D eigenvalue weighted by molar-refractivity contribution is 6.33. The SMILES string of the molecule is Cn1nccc1COc1ccc2c(c1Cl)CCN(CC(O)CNC(=O)c1ccnc(F)c1)C2. The van der Waals surface area contributed by atoms with Gasteiger partial charge < -0.3 is 15.2 Å². The molecule has 1 aromatic carbocycles. The Bertz CT molecular complexity index is 1140. The lowest BCUT2D eigenvalue weighted by atomic mass is 9.99. The van der Waals surface area contributed by atoms with E-state index in [2.05, 4.69) is 20.3 Å². The summed E-state index contributed by atoms with van der Waals surface area (Å²) in [5, 5.41) is 17.8. The molecule has 0 saturated carbocycles. The van der Waals surface area contributed by atoms with Gasteiger partial charge in [0.05, 0.1) is 16.8 Å². The van der Waals surface area contributed by atoms with Gasteiger partial charge in [0, 0.05) is 57.3 Å². The number of pyridine rings is 1. The number of aryl methyl sites for hydroxylation is 1.